The van der Waals surface area contributed by atoms with Crippen LogP contribution < -0.4 is 10.2 Å². The lowest BCUT2D eigenvalue weighted by atomic mass is 9.91. The van der Waals surface area contributed by atoms with Crippen LogP contribution in [0.4, 0.5) is 5.82 Å². The van der Waals surface area contributed by atoms with Gasteiger partial charge in [0.05, 0.1) is 5.39 Å². The van der Waals surface area contributed by atoms with E-state index in [1.54, 1.807) is 4.68 Å². The van der Waals surface area contributed by atoms with Gasteiger partial charge in [-0.1, -0.05) is 13.8 Å². The lowest BCUT2D eigenvalue weighted by molar-refractivity contribution is 0.0948. The zero-order valence-electron chi connectivity index (χ0n) is 15.7. The number of aryl methyl sites for hydroxylation is 1. The van der Waals surface area contributed by atoms with Gasteiger partial charge in [0.2, 0.25) is 0 Å². The summed E-state index contributed by atoms with van der Waals surface area (Å²) in [7, 11) is 3.91. The van der Waals surface area contributed by atoms with E-state index in [0.29, 0.717) is 24.0 Å². The Morgan fingerprint density at radius 3 is 2.76 bits per heavy atom. The van der Waals surface area contributed by atoms with Gasteiger partial charge in [0.15, 0.2) is 11.4 Å². The van der Waals surface area contributed by atoms with Crippen molar-refractivity contribution in [3.63, 3.8) is 0 Å². The summed E-state index contributed by atoms with van der Waals surface area (Å²) in [6, 6.07) is 3.99. The number of hydrogen-bond acceptors (Lipinski definition) is 5. The summed E-state index contributed by atoms with van der Waals surface area (Å²) in [5.74, 6) is 2.09. The van der Waals surface area contributed by atoms with Crippen LogP contribution in [0.15, 0.2) is 12.1 Å². The van der Waals surface area contributed by atoms with E-state index >= 15 is 0 Å². The van der Waals surface area contributed by atoms with Crippen molar-refractivity contribution >= 4 is 22.6 Å². The molecule has 1 aliphatic heterocycles. The minimum Gasteiger partial charge on any atom is -0.359 e. The molecule has 0 aliphatic carbocycles. The fraction of sp³-hybridized carbons (Fsp3) is 0.632. The Morgan fingerprint density at radius 1 is 1.36 bits per heavy atom. The molecule has 2 aromatic heterocycles. The number of nitrogens with one attached hydrogen (secondary N) is 1. The average Bonchev–Trinajstić information content (AvgIpc) is 2.92. The molecular formula is C19H29N5O. The minimum atomic E-state index is 0.141. The molecule has 0 saturated carbocycles. The first-order chi connectivity index (χ1) is 12.0. The Labute approximate surface area is 149 Å². The molecule has 0 radical (unpaired) electrons. The predicted molar refractivity (Wildman–Crippen MR) is 101 cm³/mol. The van der Waals surface area contributed by atoms with E-state index in [1.165, 1.54) is 0 Å². The second-order valence-electron chi connectivity index (χ2n) is 7.61. The highest BCUT2D eigenvalue weighted by Gasteiger charge is 2.22. The van der Waals surface area contributed by atoms with Crippen LogP contribution in [0.5, 0.6) is 0 Å². The van der Waals surface area contributed by atoms with Crippen LogP contribution in [0.2, 0.25) is 0 Å². The number of carbonyl (C=O) groups is 1. The summed E-state index contributed by atoms with van der Waals surface area (Å²) >= 11 is 0. The number of aromatic nitrogens is 3. The van der Waals surface area contributed by atoms with E-state index in [9.17, 15) is 4.79 Å². The summed E-state index contributed by atoms with van der Waals surface area (Å²) in [4.78, 5) is 19.7. The van der Waals surface area contributed by atoms with Crippen molar-refractivity contribution in [2.24, 2.45) is 18.9 Å². The van der Waals surface area contributed by atoms with E-state index in [0.717, 1.165) is 49.3 Å². The van der Waals surface area contributed by atoms with Crippen LogP contribution in [0.1, 0.15) is 43.6 Å². The maximum Gasteiger partial charge on any atom is 0.184 e. The summed E-state index contributed by atoms with van der Waals surface area (Å²) in [5, 5.41) is 8.70. The molecule has 0 amide bonds. The van der Waals surface area contributed by atoms with E-state index in [1.807, 2.05) is 26.2 Å². The maximum absolute atomic E-state index is 12.8. The van der Waals surface area contributed by atoms with Crippen molar-refractivity contribution < 1.29 is 4.79 Å². The Bertz CT molecular complexity index is 746. The lowest BCUT2D eigenvalue weighted by Crippen LogP contribution is -2.29. The third-order valence-corrected chi connectivity index (χ3v) is 4.90. The zero-order chi connectivity index (χ0) is 18.0. The van der Waals surface area contributed by atoms with Gasteiger partial charge in [-0.15, -0.1) is 0 Å². The van der Waals surface area contributed by atoms with Gasteiger partial charge in [-0.2, -0.15) is 5.10 Å². The molecule has 2 aromatic rings. The van der Waals surface area contributed by atoms with Crippen LogP contribution >= 0.6 is 0 Å². The van der Waals surface area contributed by atoms with Gasteiger partial charge < -0.3 is 10.2 Å². The molecule has 136 valence electrons. The molecular weight excluding hydrogens is 314 g/mol. The SMILES string of the molecule is CC(C)CN(C)c1ccc2c(C(=O)CC3CCNCC3)nn(C)c2n1. The molecule has 6 heteroatoms. The molecule has 1 aliphatic rings. The van der Waals surface area contributed by atoms with E-state index in [-0.39, 0.29) is 5.78 Å². The molecule has 0 unspecified atom stereocenters. The molecule has 1 saturated heterocycles. The van der Waals surface area contributed by atoms with Gasteiger partial charge in [0, 0.05) is 27.1 Å². The molecule has 0 bridgehead atoms. The van der Waals surface area contributed by atoms with Crippen molar-refractivity contribution in [3.05, 3.63) is 17.8 Å². The second-order valence-corrected chi connectivity index (χ2v) is 7.61. The lowest BCUT2D eigenvalue weighted by Gasteiger charge is -2.21. The number of nitrogens with zero attached hydrogens (tertiary/aromatic N) is 4. The number of anilines is 1. The van der Waals surface area contributed by atoms with Crippen LogP contribution in [-0.4, -0.2) is 47.2 Å². The number of pyridine rings is 1. The van der Waals surface area contributed by atoms with Crippen LogP contribution in [0.3, 0.4) is 0 Å². The Kier molecular flexibility index (Phi) is 5.37. The molecule has 25 heavy (non-hydrogen) atoms. The molecule has 6 nitrogen and oxygen atoms in total. The third-order valence-electron chi connectivity index (χ3n) is 4.90. The Morgan fingerprint density at radius 2 is 2.08 bits per heavy atom. The van der Waals surface area contributed by atoms with Crippen molar-refractivity contribution in [1.82, 2.24) is 20.1 Å². The van der Waals surface area contributed by atoms with E-state index in [2.05, 4.69) is 29.2 Å². The van der Waals surface area contributed by atoms with Gasteiger partial charge in [-0.3, -0.25) is 4.79 Å². The topological polar surface area (TPSA) is 63.1 Å². The fourth-order valence-corrected chi connectivity index (χ4v) is 3.63. The monoisotopic (exact) mass is 343 g/mol. The maximum atomic E-state index is 12.8. The first-order valence-electron chi connectivity index (χ1n) is 9.24. The minimum absolute atomic E-state index is 0.141. The second kappa shape index (κ2) is 7.52. The third kappa shape index (κ3) is 4.00. The van der Waals surface area contributed by atoms with Gasteiger partial charge in [0.1, 0.15) is 11.5 Å². The number of ketones is 1. The molecule has 0 atom stereocenters. The normalized spacial score (nSPS) is 15.9. The first kappa shape index (κ1) is 17.9. The highest BCUT2D eigenvalue weighted by atomic mass is 16.1. The number of hydrogen-bond donors (Lipinski definition) is 1. The zero-order valence-corrected chi connectivity index (χ0v) is 15.7. The highest BCUT2D eigenvalue weighted by molar-refractivity contribution is 6.05. The summed E-state index contributed by atoms with van der Waals surface area (Å²) in [6.45, 7) is 7.34. The largest absolute Gasteiger partial charge is 0.359 e. The quantitative estimate of drug-likeness (QED) is 0.817. The van der Waals surface area contributed by atoms with Gasteiger partial charge in [0.25, 0.3) is 0 Å². The molecule has 3 heterocycles. The van der Waals surface area contributed by atoms with Gasteiger partial charge in [-0.05, 0) is 49.9 Å². The molecule has 1 fully saturated rings. The van der Waals surface area contributed by atoms with Crippen LogP contribution in [-0.2, 0) is 7.05 Å². The van der Waals surface area contributed by atoms with Gasteiger partial charge >= 0.3 is 0 Å². The number of rotatable bonds is 6. The standard InChI is InChI=1S/C19H29N5O/c1-13(2)12-23(3)17-6-5-15-18(22-24(4)19(15)21-17)16(25)11-14-7-9-20-10-8-14/h5-6,13-14,20H,7-12H2,1-4H3. The van der Waals surface area contributed by atoms with Crippen molar-refractivity contribution in [2.75, 3.05) is 31.6 Å². The number of Topliss-reactive ketones (excluding diaryl/α,β-unsaturated/α-hetero) is 1. The average molecular weight is 343 g/mol. The van der Waals surface area contributed by atoms with E-state index in [4.69, 9.17) is 4.98 Å². The van der Waals surface area contributed by atoms with Crippen molar-refractivity contribution in [3.8, 4) is 0 Å². The Balaban J connectivity index is 1.83. The smallest absolute Gasteiger partial charge is 0.184 e. The summed E-state index contributed by atoms with van der Waals surface area (Å²) in [6.07, 6.45) is 2.72. The molecule has 3 rings (SSSR count). The Hall–Kier alpha value is -1.95. The molecule has 0 aromatic carbocycles. The van der Waals surface area contributed by atoms with Crippen LogP contribution in [0, 0.1) is 11.8 Å². The number of carbonyl (C=O) groups excluding carboxylic acids is 1. The summed E-state index contributed by atoms with van der Waals surface area (Å²) in [5.41, 5.74) is 1.35. The van der Waals surface area contributed by atoms with Crippen molar-refractivity contribution in [1.29, 1.82) is 0 Å². The number of piperidine rings is 1. The fourth-order valence-electron chi connectivity index (χ4n) is 3.63. The predicted octanol–water partition coefficient (Wildman–Crippen LogP) is 2.63. The summed E-state index contributed by atoms with van der Waals surface area (Å²) < 4.78 is 1.73. The molecule has 0 spiro atoms. The number of fused-ring (bicyclic) bond motifs is 1. The van der Waals surface area contributed by atoms with Crippen LogP contribution in [0.25, 0.3) is 11.0 Å². The molecule has 1 N–H and O–H groups in total. The highest BCUT2D eigenvalue weighted by Crippen LogP contribution is 2.24. The van der Waals surface area contributed by atoms with E-state index < -0.39 is 0 Å². The first-order valence-corrected chi connectivity index (χ1v) is 9.24. The van der Waals surface area contributed by atoms with Crippen molar-refractivity contribution in [2.45, 2.75) is 33.1 Å². The van der Waals surface area contributed by atoms with Gasteiger partial charge in [-0.25, -0.2) is 9.67 Å².